The SMILES string of the molecule is CCOc1cc(/C(O)=C2/C(=O)C(=O)N(CCN(C)C)C2c2cccnc2)ccc1Cl. The summed E-state index contributed by atoms with van der Waals surface area (Å²) < 4.78 is 5.49. The molecule has 0 radical (unpaired) electrons. The number of pyridine rings is 1. The lowest BCUT2D eigenvalue weighted by Gasteiger charge is -2.26. The molecular formula is C22H24ClN3O4. The number of hydrogen-bond acceptors (Lipinski definition) is 6. The summed E-state index contributed by atoms with van der Waals surface area (Å²) in [5, 5.41) is 11.5. The van der Waals surface area contributed by atoms with Crippen LogP contribution in [0.1, 0.15) is 24.1 Å². The fourth-order valence-electron chi connectivity index (χ4n) is 3.37. The minimum absolute atomic E-state index is 0.0246. The van der Waals surface area contributed by atoms with E-state index in [4.69, 9.17) is 16.3 Å². The molecule has 1 aromatic heterocycles. The number of rotatable bonds is 7. The number of carbonyl (C=O) groups is 2. The number of hydrogen-bond donors (Lipinski definition) is 1. The molecule has 0 spiro atoms. The number of ether oxygens (including phenoxy) is 1. The molecule has 2 heterocycles. The zero-order valence-corrected chi connectivity index (χ0v) is 17.9. The monoisotopic (exact) mass is 429 g/mol. The number of likely N-dealkylation sites (N-methyl/N-ethyl adjacent to an activating group) is 1. The van der Waals surface area contributed by atoms with E-state index >= 15 is 0 Å². The van der Waals surface area contributed by atoms with Gasteiger partial charge >= 0.3 is 0 Å². The van der Waals surface area contributed by atoms with Gasteiger partial charge in [-0.2, -0.15) is 0 Å². The van der Waals surface area contributed by atoms with Gasteiger partial charge in [-0.15, -0.1) is 0 Å². The molecule has 1 aliphatic rings. The van der Waals surface area contributed by atoms with E-state index in [1.54, 1.807) is 42.7 Å². The minimum Gasteiger partial charge on any atom is -0.507 e. The Morgan fingerprint density at radius 3 is 2.70 bits per heavy atom. The Kier molecular flexibility index (Phi) is 6.74. The van der Waals surface area contributed by atoms with Gasteiger partial charge in [0, 0.05) is 31.0 Å². The topological polar surface area (TPSA) is 83.0 Å². The van der Waals surface area contributed by atoms with Crippen LogP contribution >= 0.6 is 11.6 Å². The maximum absolute atomic E-state index is 12.9. The maximum atomic E-state index is 12.9. The van der Waals surface area contributed by atoms with Crippen LogP contribution < -0.4 is 4.74 Å². The van der Waals surface area contributed by atoms with Crippen molar-refractivity contribution in [2.45, 2.75) is 13.0 Å². The lowest BCUT2D eigenvalue weighted by molar-refractivity contribution is -0.140. The van der Waals surface area contributed by atoms with Gasteiger partial charge in [0.2, 0.25) is 0 Å². The summed E-state index contributed by atoms with van der Waals surface area (Å²) in [6, 6.07) is 7.53. The van der Waals surface area contributed by atoms with E-state index in [9.17, 15) is 14.7 Å². The predicted octanol–water partition coefficient (Wildman–Crippen LogP) is 3.12. The van der Waals surface area contributed by atoms with Crippen LogP contribution in [0, 0.1) is 0 Å². The van der Waals surface area contributed by atoms with E-state index in [1.807, 2.05) is 25.9 Å². The molecule has 1 amide bonds. The molecule has 0 aliphatic carbocycles. The number of ketones is 1. The van der Waals surface area contributed by atoms with Crippen LogP contribution in [0.3, 0.4) is 0 Å². The maximum Gasteiger partial charge on any atom is 0.295 e. The highest BCUT2D eigenvalue weighted by molar-refractivity contribution is 6.46. The molecule has 1 aliphatic heterocycles. The fraction of sp³-hybridized carbons (Fsp3) is 0.318. The third kappa shape index (κ3) is 4.32. The van der Waals surface area contributed by atoms with Crippen LogP contribution in [0.5, 0.6) is 5.75 Å². The van der Waals surface area contributed by atoms with Gasteiger partial charge in [-0.25, -0.2) is 0 Å². The van der Waals surface area contributed by atoms with E-state index in [-0.39, 0.29) is 11.3 Å². The Morgan fingerprint density at radius 2 is 2.07 bits per heavy atom. The van der Waals surface area contributed by atoms with Crippen molar-refractivity contribution in [3.05, 3.63) is 64.4 Å². The molecule has 3 rings (SSSR count). The van der Waals surface area contributed by atoms with E-state index in [1.165, 1.54) is 4.90 Å². The second-order valence-corrected chi connectivity index (χ2v) is 7.57. The van der Waals surface area contributed by atoms with Crippen molar-refractivity contribution in [2.75, 3.05) is 33.8 Å². The molecule has 30 heavy (non-hydrogen) atoms. The Morgan fingerprint density at radius 1 is 1.30 bits per heavy atom. The number of likely N-dealkylation sites (tertiary alicyclic amines) is 1. The van der Waals surface area contributed by atoms with Crippen LogP contribution in [0.25, 0.3) is 5.76 Å². The van der Waals surface area contributed by atoms with E-state index in [0.717, 1.165) is 0 Å². The van der Waals surface area contributed by atoms with Gasteiger partial charge < -0.3 is 19.6 Å². The number of halogens is 1. The van der Waals surface area contributed by atoms with Gasteiger partial charge in [-0.05, 0) is 50.8 Å². The standard InChI is InChI=1S/C22H24ClN3O4/c1-4-30-17-12-14(7-8-16(17)23)20(27)18-19(15-6-5-9-24-13-15)26(11-10-25(2)3)22(29)21(18)28/h5-9,12-13,19,27H,4,10-11H2,1-3H3/b20-18-. The Balaban J connectivity index is 2.13. The average molecular weight is 430 g/mol. The smallest absolute Gasteiger partial charge is 0.295 e. The molecule has 0 bridgehead atoms. The molecular weight excluding hydrogens is 406 g/mol. The number of amides is 1. The first-order valence-corrected chi connectivity index (χ1v) is 9.98. The van der Waals surface area contributed by atoms with Gasteiger partial charge in [0.25, 0.3) is 11.7 Å². The molecule has 2 aromatic rings. The number of Topliss-reactive ketones (excluding diaryl/α,β-unsaturated/α-hetero) is 1. The zero-order chi connectivity index (χ0) is 21.8. The lowest BCUT2D eigenvalue weighted by atomic mass is 9.96. The van der Waals surface area contributed by atoms with Gasteiger partial charge in [0.15, 0.2) is 0 Å². The molecule has 7 nitrogen and oxygen atoms in total. The first-order valence-electron chi connectivity index (χ1n) is 9.61. The van der Waals surface area contributed by atoms with Crippen molar-refractivity contribution in [1.82, 2.24) is 14.8 Å². The van der Waals surface area contributed by atoms with Gasteiger partial charge in [0.05, 0.1) is 23.2 Å². The second kappa shape index (κ2) is 9.28. The van der Waals surface area contributed by atoms with Crippen LogP contribution in [0.2, 0.25) is 5.02 Å². The van der Waals surface area contributed by atoms with Crippen molar-refractivity contribution in [1.29, 1.82) is 0 Å². The highest BCUT2D eigenvalue weighted by Crippen LogP contribution is 2.40. The first kappa shape index (κ1) is 21.8. The lowest BCUT2D eigenvalue weighted by Crippen LogP contribution is -2.35. The third-order valence-electron chi connectivity index (χ3n) is 4.83. The second-order valence-electron chi connectivity index (χ2n) is 7.16. The van der Waals surface area contributed by atoms with Crippen LogP contribution in [-0.2, 0) is 9.59 Å². The molecule has 1 aromatic carbocycles. The fourth-order valence-corrected chi connectivity index (χ4v) is 3.55. The number of aromatic nitrogens is 1. The average Bonchev–Trinajstić information content (AvgIpc) is 2.98. The van der Waals surface area contributed by atoms with Crippen LogP contribution in [0.15, 0.2) is 48.3 Å². The van der Waals surface area contributed by atoms with Crippen LogP contribution in [-0.4, -0.2) is 65.4 Å². The molecule has 1 fully saturated rings. The molecule has 158 valence electrons. The summed E-state index contributed by atoms with van der Waals surface area (Å²) in [4.78, 5) is 33.3. The van der Waals surface area contributed by atoms with Crippen molar-refractivity contribution in [3.8, 4) is 5.75 Å². The van der Waals surface area contributed by atoms with Gasteiger partial charge in [-0.1, -0.05) is 17.7 Å². The number of benzene rings is 1. The molecule has 8 heteroatoms. The van der Waals surface area contributed by atoms with Crippen molar-refractivity contribution < 1.29 is 19.4 Å². The highest BCUT2D eigenvalue weighted by atomic mass is 35.5. The van der Waals surface area contributed by atoms with Crippen molar-refractivity contribution >= 4 is 29.1 Å². The largest absolute Gasteiger partial charge is 0.507 e. The number of aliphatic hydroxyl groups is 1. The molecule has 0 saturated carbocycles. The summed E-state index contributed by atoms with van der Waals surface area (Å²) in [6.45, 7) is 3.12. The minimum atomic E-state index is -0.732. The van der Waals surface area contributed by atoms with Crippen LogP contribution in [0.4, 0.5) is 0 Å². The summed E-state index contributed by atoms with van der Waals surface area (Å²) in [6.07, 6.45) is 3.21. The molecule has 1 atom stereocenters. The van der Waals surface area contributed by atoms with Crippen molar-refractivity contribution in [3.63, 3.8) is 0 Å². The summed E-state index contributed by atoms with van der Waals surface area (Å²) >= 11 is 6.14. The Hall–Kier alpha value is -2.90. The van der Waals surface area contributed by atoms with E-state index in [0.29, 0.717) is 41.6 Å². The van der Waals surface area contributed by atoms with E-state index < -0.39 is 17.7 Å². The van der Waals surface area contributed by atoms with E-state index in [2.05, 4.69) is 4.98 Å². The quantitative estimate of drug-likeness (QED) is 0.413. The van der Waals surface area contributed by atoms with Gasteiger partial charge in [0.1, 0.15) is 11.5 Å². The molecule has 1 saturated heterocycles. The Bertz CT molecular complexity index is 976. The number of carbonyl (C=O) groups excluding carboxylic acids is 2. The summed E-state index contributed by atoms with van der Waals surface area (Å²) in [7, 11) is 3.78. The van der Waals surface area contributed by atoms with Gasteiger partial charge in [-0.3, -0.25) is 14.6 Å². The predicted molar refractivity (Wildman–Crippen MR) is 114 cm³/mol. The zero-order valence-electron chi connectivity index (χ0n) is 17.1. The molecule has 1 N–H and O–H groups in total. The summed E-state index contributed by atoms with van der Waals surface area (Å²) in [5.74, 6) is -1.26. The first-order chi connectivity index (χ1) is 14.3. The summed E-state index contributed by atoms with van der Waals surface area (Å²) in [5.41, 5.74) is 1.02. The molecule has 1 unspecified atom stereocenters. The number of aliphatic hydroxyl groups excluding tert-OH is 1. The van der Waals surface area contributed by atoms with Crippen molar-refractivity contribution in [2.24, 2.45) is 0 Å². The normalized spacial score (nSPS) is 18.3. The highest BCUT2D eigenvalue weighted by Gasteiger charge is 2.46. The number of nitrogens with zero attached hydrogens (tertiary/aromatic N) is 3. The third-order valence-corrected chi connectivity index (χ3v) is 5.14. The Labute approximate surface area is 180 Å².